The number of amides is 3. The van der Waals surface area contributed by atoms with E-state index in [9.17, 15) is 14.4 Å². The Kier molecular flexibility index (Phi) is 4.00. The summed E-state index contributed by atoms with van der Waals surface area (Å²) in [4.78, 5) is 42.5. The van der Waals surface area contributed by atoms with Crippen LogP contribution in [0, 0.1) is 17.8 Å². The molecule has 3 aliphatic heterocycles. The van der Waals surface area contributed by atoms with Crippen LogP contribution in [0.1, 0.15) is 25.8 Å². The first kappa shape index (κ1) is 17.9. The molecule has 3 amide bonds. The van der Waals surface area contributed by atoms with Gasteiger partial charge in [-0.1, -0.05) is 38.1 Å². The van der Waals surface area contributed by atoms with Crippen LogP contribution in [0.25, 0.3) is 0 Å². The first-order valence-corrected chi connectivity index (χ1v) is 9.46. The van der Waals surface area contributed by atoms with E-state index in [1.165, 1.54) is 11.9 Å². The third-order valence-electron chi connectivity index (χ3n) is 6.12. The molecule has 27 heavy (non-hydrogen) atoms. The third-order valence-corrected chi connectivity index (χ3v) is 6.12. The summed E-state index contributed by atoms with van der Waals surface area (Å²) in [7, 11) is 1.52. The Morgan fingerprint density at radius 2 is 1.93 bits per heavy atom. The fraction of sp³-hybridized carbons (Fsp3) is 0.476. The minimum absolute atomic E-state index is 0.165. The Hall–Kier alpha value is -2.47. The van der Waals surface area contributed by atoms with Crippen molar-refractivity contribution in [1.82, 2.24) is 10.2 Å². The van der Waals surface area contributed by atoms with Crippen LogP contribution in [-0.2, 0) is 19.9 Å². The van der Waals surface area contributed by atoms with Crippen molar-refractivity contribution in [2.45, 2.75) is 31.8 Å². The van der Waals surface area contributed by atoms with E-state index in [4.69, 9.17) is 0 Å². The Bertz CT molecular complexity index is 849. The molecule has 0 unspecified atom stereocenters. The highest BCUT2D eigenvalue weighted by Crippen LogP contribution is 2.54. The van der Waals surface area contributed by atoms with Gasteiger partial charge in [0.05, 0.1) is 11.8 Å². The lowest BCUT2D eigenvalue weighted by atomic mass is 9.76. The Morgan fingerprint density at radius 3 is 2.59 bits per heavy atom. The average Bonchev–Trinajstić information content (AvgIpc) is 3.17. The minimum Gasteiger partial charge on any atom is -0.306 e. The standard InChI is InChI=1S/C21H25N3O3/c1-5-10-24-15-9-7-6-8-13(15)21(20(24)27)17-16(14(22-21)11-12(2)3)18(25)23(4)19(17)26/h5-9,12,14,16-17,22H,1,10-11H2,2-4H3/t14-,16+,17+,21+/m1/s1. The maximum atomic E-state index is 13.6. The number of nitrogens with one attached hydrogen (secondary N) is 1. The van der Waals surface area contributed by atoms with Crippen molar-refractivity contribution >= 4 is 23.4 Å². The molecule has 1 spiro atoms. The van der Waals surface area contributed by atoms with Gasteiger partial charge < -0.3 is 4.90 Å². The fourth-order valence-corrected chi connectivity index (χ4v) is 5.11. The maximum Gasteiger partial charge on any atom is 0.253 e. The molecular weight excluding hydrogens is 342 g/mol. The normalized spacial score (nSPS) is 32.0. The van der Waals surface area contributed by atoms with E-state index >= 15 is 0 Å². The topological polar surface area (TPSA) is 69.7 Å². The molecule has 6 nitrogen and oxygen atoms in total. The summed E-state index contributed by atoms with van der Waals surface area (Å²) >= 11 is 0. The summed E-state index contributed by atoms with van der Waals surface area (Å²) in [6, 6.07) is 7.34. The molecule has 2 fully saturated rings. The molecule has 0 aromatic heterocycles. The molecule has 3 aliphatic rings. The van der Waals surface area contributed by atoms with Crippen molar-refractivity contribution in [2.24, 2.45) is 17.8 Å². The lowest BCUT2D eigenvalue weighted by Gasteiger charge is -2.30. The number of hydrogen-bond donors (Lipinski definition) is 1. The first-order valence-electron chi connectivity index (χ1n) is 9.46. The van der Waals surface area contributed by atoms with Gasteiger partial charge in [-0.15, -0.1) is 6.58 Å². The Balaban J connectivity index is 1.91. The molecule has 0 aliphatic carbocycles. The summed E-state index contributed by atoms with van der Waals surface area (Å²) in [6.45, 7) is 8.30. The van der Waals surface area contributed by atoms with Crippen LogP contribution in [0.15, 0.2) is 36.9 Å². The number of para-hydroxylation sites is 1. The van der Waals surface area contributed by atoms with Gasteiger partial charge in [0.1, 0.15) is 5.54 Å². The molecule has 0 saturated carbocycles. The zero-order valence-corrected chi connectivity index (χ0v) is 15.9. The molecule has 4 atom stereocenters. The fourth-order valence-electron chi connectivity index (χ4n) is 5.11. The van der Waals surface area contributed by atoms with Crippen LogP contribution in [-0.4, -0.2) is 42.3 Å². The maximum absolute atomic E-state index is 13.6. The minimum atomic E-state index is -1.18. The summed E-state index contributed by atoms with van der Waals surface area (Å²) in [5.74, 6) is -1.50. The molecule has 1 aromatic rings. The van der Waals surface area contributed by atoms with E-state index in [-0.39, 0.29) is 23.8 Å². The quantitative estimate of drug-likeness (QED) is 0.649. The van der Waals surface area contributed by atoms with E-state index in [1.54, 1.807) is 11.0 Å². The van der Waals surface area contributed by atoms with Crippen LogP contribution in [0.2, 0.25) is 0 Å². The number of likely N-dealkylation sites (tertiary alicyclic amines) is 1. The predicted molar refractivity (Wildman–Crippen MR) is 102 cm³/mol. The number of anilines is 1. The highest BCUT2D eigenvalue weighted by atomic mass is 16.2. The SMILES string of the molecule is C=CCN1C(=O)[C@]2(N[C@H](CC(C)C)[C@@H]3C(=O)N(C)C(=O)[C@H]32)c2ccccc21. The van der Waals surface area contributed by atoms with E-state index in [0.29, 0.717) is 12.5 Å². The second-order valence-corrected chi connectivity index (χ2v) is 8.15. The smallest absolute Gasteiger partial charge is 0.253 e. The van der Waals surface area contributed by atoms with Crippen LogP contribution < -0.4 is 10.2 Å². The molecule has 4 rings (SSSR count). The number of carbonyl (C=O) groups excluding carboxylic acids is 3. The van der Waals surface area contributed by atoms with Gasteiger partial charge in [0.25, 0.3) is 5.91 Å². The van der Waals surface area contributed by atoms with Crippen molar-refractivity contribution < 1.29 is 14.4 Å². The number of nitrogens with zero attached hydrogens (tertiary/aromatic N) is 2. The number of carbonyl (C=O) groups is 3. The van der Waals surface area contributed by atoms with Crippen molar-refractivity contribution in [2.75, 3.05) is 18.5 Å². The van der Waals surface area contributed by atoms with Gasteiger partial charge in [-0.3, -0.25) is 24.6 Å². The molecule has 0 radical (unpaired) electrons. The molecule has 6 heteroatoms. The van der Waals surface area contributed by atoms with E-state index in [1.807, 2.05) is 24.3 Å². The first-order chi connectivity index (χ1) is 12.8. The Morgan fingerprint density at radius 1 is 1.22 bits per heavy atom. The van der Waals surface area contributed by atoms with Crippen molar-refractivity contribution in [1.29, 1.82) is 0 Å². The van der Waals surface area contributed by atoms with E-state index in [0.717, 1.165) is 17.7 Å². The summed E-state index contributed by atoms with van der Waals surface area (Å²) in [5, 5.41) is 3.48. The number of rotatable bonds is 4. The predicted octanol–water partition coefficient (Wildman–Crippen LogP) is 1.66. The number of benzene rings is 1. The summed E-state index contributed by atoms with van der Waals surface area (Å²) in [5.41, 5.74) is 0.393. The lowest BCUT2D eigenvalue weighted by molar-refractivity contribution is -0.141. The molecular formula is C21H25N3O3. The molecule has 0 bridgehead atoms. The second kappa shape index (κ2) is 6.02. The number of hydrogen-bond acceptors (Lipinski definition) is 4. The van der Waals surface area contributed by atoms with Gasteiger partial charge in [-0.05, 0) is 18.4 Å². The van der Waals surface area contributed by atoms with Gasteiger partial charge >= 0.3 is 0 Å². The molecule has 1 N–H and O–H groups in total. The van der Waals surface area contributed by atoms with Gasteiger partial charge in [0.2, 0.25) is 11.8 Å². The zero-order valence-electron chi connectivity index (χ0n) is 15.9. The molecule has 142 valence electrons. The highest BCUT2D eigenvalue weighted by molar-refractivity contribution is 6.16. The van der Waals surface area contributed by atoms with Crippen LogP contribution in [0.5, 0.6) is 0 Å². The zero-order chi connectivity index (χ0) is 19.5. The van der Waals surface area contributed by atoms with Gasteiger partial charge in [0.15, 0.2) is 0 Å². The van der Waals surface area contributed by atoms with Crippen molar-refractivity contribution in [3.63, 3.8) is 0 Å². The monoisotopic (exact) mass is 367 g/mol. The molecule has 3 heterocycles. The summed E-state index contributed by atoms with van der Waals surface area (Å²) in [6.07, 6.45) is 2.41. The van der Waals surface area contributed by atoms with Crippen molar-refractivity contribution in [3.05, 3.63) is 42.5 Å². The van der Waals surface area contributed by atoms with Gasteiger partial charge in [0, 0.05) is 30.9 Å². The third kappa shape index (κ3) is 2.19. The molecule has 2 saturated heterocycles. The average molecular weight is 367 g/mol. The summed E-state index contributed by atoms with van der Waals surface area (Å²) < 4.78 is 0. The van der Waals surface area contributed by atoms with Crippen molar-refractivity contribution in [3.8, 4) is 0 Å². The highest BCUT2D eigenvalue weighted by Gasteiger charge is 2.70. The van der Waals surface area contributed by atoms with E-state index < -0.39 is 17.4 Å². The van der Waals surface area contributed by atoms with Crippen LogP contribution >= 0.6 is 0 Å². The largest absolute Gasteiger partial charge is 0.306 e. The van der Waals surface area contributed by atoms with E-state index in [2.05, 4.69) is 25.7 Å². The number of imide groups is 1. The lowest BCUT2D eigenvalue weighted by Crippen LogP contribution is -2.55. The van der Waals surface area contributed by atoms with Gasteiger partial charge in [-0.2, -0.15) is 0 Å². The van der Waals surface area contributed by atoms with Gasteiger partial charge in [-0.25, -0.2) is 0 Å². The van der Waals surface area contributed by atoms with Crippen LogP contribution in [0.3, 0.4) is 0 Å². The number of fused-ring (bicyclic) bond motifs is 4. The Labute approximate surface area is 159 Å². The second-order valence-electron chi connectivity index (χ2n) is 8.15. The molecule has 1 aromatic carbocycles. The van der Waals surface area contributed by atoms with Crippen LogP contribution in [0.4, 0.5) is 5.69 Å².